The van der Waals surface area contributed by atoms with Gasteiger partial charge in [0, 0.05) is 55.2 Å². The fourth-order valence-electron chi connectivity index (χ4n) is 5.64. The Kier molecular flexibility index (Phi) is 6.71. The molecule has 0 N–H and O–H groups in total. The van der Waals surface area contributed by atoms with E-state index in [4.69, 9.17) is 4.74 Å². The summed E-state index contributed by atoms with van der Waals surface area (Å²) in [6.45, 7) is 4.45. The van der Waals surface area contributed by atoms with E-state index in [9.17, 15) is 18.0 Å². The molecule has 0 aliphatic carbocycles. The Morgan fingerprint density at radius 2 is 1.86 bits per heavy atom. The van der Waals surface area contributed by atoms with Gasteiger partial charge in [0.25, 0.3) is 5.91 Å². The van der Waals surface area contributed by atoms with Crippen molar-refractivity contribution in [3.63, 3.8) is 0 Å². The SMILES string of the molecule is CCc1cc(OC)c2nncc(N3CCc4c(cc(Cn5ccnc5C)cc4-c4cn(C)nc4C(F)(F)F)C3=O)c2c1. The maximum Gasteiger partial charge on any atom is 0.435 e. The quantitative estimate of drug-likeness (QED) is 0.270. The number of ether oxygens (including phenoxy) is 1. The van der Waals surface area contributed by atoms with Crippen molar-refractivity contribution in [3.05, 3.63) is 82.8 Å². The van der Waals surface area contributed by atoms with Crippen LogP contribution in [0.15, 0.2) is 49.1 Å². The first-order valence-electron chi connectivity index (χ1n) is 13.5. The summed E-state index contributed by atoms with van der Waals surface area (Å²) in [6.07, 6.45) is 2.78. The van der Waals surface area contributed by atoms with Crippen LogP contribution in [0, 0.1) is 6.92 Å². The van der Waals surface area contributed by atoms with Crippen LogP contribution in [-0.4, -0.2) is 49.1 Å². The maximum absolute atomic E-state index is 14.2. The molecule has 9 nitrogen and oxygen atoms in total. The minimum Gasteiger partial charge on any atom is -0.494 e. The Morgan fingerprint density at radius 3 is 2.55 bits per heavy atom. The molecule has 0 atom stereocenters. The molecule has 5 aromatic rings. The summed E-state index contributed by atoms with van der Waals surface area (Å²) in [5.41, 5.74) is 2.98. The topological polar surface area (TPSA) is 91.0 Å². The largest absolute Gasteiger partial charge is 0.494 e. The van der Waals surface area contributed by atoms with Gasteiger partial charge in [-0.1, -0.05) is 6.92 Å². The molecule has 0 unspecified atom stereocenters. The predicted octanol–water partition coefficient (Wildman–Crippen LogP) is 5.38. The average Bonchev–Trinajstić information content (AvgIpc) is 3.57. The number of aromatic nitrogens is 6. The standard InChI is InChI=1S/C30H28F3N7O2/c1-5-18-10-23-25(14-35-36-27(23)26(13-18)42-4)40-8-6-20-21(24-16-38(3)37-28(24)30(31,32)33)11-19(12-22(20)29(40)41)15-39-9-7-34-17(39)2/h7,9-14,16H,5-6,8,15H2,1-4H3. The van der Waals surface area contributed by atoms with Gasteiger partial charge in [-0.2, -0.15) is 23.4 Å². The first kappa shape index (κ1) is 27.4. The van der Waals surface area contributed by atoms with Crippen LogP contribution in [0.4, 0.5) is 18.9 Å². The number of aryl methyl sites for hydroxylation is 3. The second-order valence-corrected chi connectivity index (χ2v) is 10.3. The number of nitrogens with zero attached hydrogens (tertiary/aromatic N) is 7. The van der Waals surface area contributed by atoms with Crippen LogP contribution >= 0.6 is 0 Å². The number of alkyl halides is 3. The number of rotatable bonds is 6. The van der Waals surface area contributed by atoms with Crippen LogP contribution in [0.25, 0.3) is 22.0 Å². The van der Waals surface area contributed by atoms with Crippen molar-refractivity contribution >= 4 is 22.5 Å². The zero-order chi connectivity index (χ0) is 29.8. The highest BCUT2D eigenvalue weighted by atomic mass is 19.4. The number of carbonyl (C=O) groups excluding carboxylic acids is 1. The fraction of sp³-hybridized carbons (Fsp3) is 0.300. The summed E-state index contributed by atoms with van der Waals surface area (Å²) in [4.78, 5) is 20.1. The van der Waals surface area contributed by atoms with E-state index in [0.717, 1.165) is 27.9 Å². The highest BCUT2D eigenvalue weighted by Gasteiger charge is 2.39. The Labute approximate surface area is 239 Å². The molecule has 12 heteroatoms. The van der Waals surface area contributed by atoms with Crippen molar-refractivity contribution in [2.45, 2.75) is 39.4 Å². The van der Waals surface area contributed by atoms with Crippen molar-refractivity contribution in [3.8, 4) is 16.9 Å². The molecule has 216 valence electrons. The first-order valence-corrected chi connectivity index (χ1v) is 13.5. The normalized spacial score (nSPS) is 13.6. The van der Waals surface area contributed by atoms with Gasteiger partial charge in [0.2, 0.25) is 0 Å². The summed E-state index contributed by atoms with van der Waals surface area (Å²) < 4.78 is 50.8. The molecule has 6 rings (SSSR count). The molecule has 42 heavy (non-hydrogen) atoms. The second kappa shape index (κ2) is 10.3. The van der Waals surface area contributed by atoms with E-state index in [-0.39, 0.29) is 18.0 Å². The zero-order valence-corrected chi connectivity index (χ0v) is 23.5. The number of halogens is 3. The van der Waals surface area contributed by atoms with E-state index in [1.807, 2.05) is 30.5 Å². The van der Waals surface area contributed by atoms with Crippen LogP contribution in [0.1, 0.15) is 45.5 Å². The van der Waals surface area contributed by atoms with Crippen LogP contribution in [0.5, 0.6) is 5.75 Å². The second-order valence-electron chi connectivity index (χ2n) is 10.3. The van der Waals surface area contributed by atoms with Crippen molar-refractivity contribution in [2.75, 3.05) is 18.6 Å². The van der Waals surface area contributed by atoms with Gasteiger partial charge in [-0.05, 0) is 66.3 Å². The number of amides is 1. The smallest absolute Gasteiger partial charge is 0.435 e. The summed E-state index contributed by atoms with van der Waals surface area (Å²) >= 11 is 0. The number of hydrogen-bond donors (Lipinski definition) is 0. The lowest BCUT2D eigenvalue weighted by Crippen LogP contribution is -2.38. The van der Waals surface area contributed by atoms with E-state index < -0.39 is 11.9 Å². The maximum atomic E-state index is 14.2. The van der Waals surface area contributed by atoms with Gasteiger partial charge in [0.15, 0.2) is 5.69 Å². The Morgan fingerprint density at radius 1 is 1.07 bits per heavy atom. The van der Waals surface area contributed by atoms with Crippen molar-refractivity contribution < 1.29 is 22.7 Å². The van der Waals surface area contributed by atoms with E-state index >= 15 is 0 Å². The first-order chi connectivity index (χ1) is 20.1. The van der Waals surface area contributed by atoms with E-state index in [0.29, 0.717) is 52.2 Å². The summed E-state index contributed by atoms with van der Waals surface area (Å²) in [5.74, 6) is 0.976. The van der Waals surface area contributed by atoms with Crippen molar-refractivity contribution in [1.82, 2.24) is 29.5 Å². The zero-order valence-electron chi connectivity index (χ0n) is 23.5. The lowest BCUT2D eigenvalue weighted by molar-refractivity contribution is -0.140. The molecule has 1 aliphatic rings. The van der Waals surface area contributed by atoms with Crippen LogP contribution in [-0.2, 0) is 32.6 Å². The van der Waals surface area contributed by atoms with Gasteiger partial charge in [-0.3, -0.25) is 9.48 Å². The molecule has 2 aromatic carbocycles. The van der Waals surface area contributed by atoms with Gasteiger partial charge in [-0.25, -0.2) is 4.98 Å². The molecule has 0 fully saturated rings. The van der Waals surface area contributed by atoms with Gasteiger partial charge >= 0.3 is 6.18 Å². The Balaban J connectivity index is 1.53. The molecule has 0 radical (unpaired) electrons. The Hall–Kier alpha value is -4.74. The van der Waals surface area contributed by atoms with Crippen LogP contribution < -0.4 is 9.64 Å². The number of benzene rings is 2. The third kappa shape index (κ3) is 4.66. The highest BCUT2D eigenvalue weighted by Crippen LogP contribution is 2.41. The lowest BCUT2D eigenvalue weighted by Gasteiger charge is -2.31. The Bertz CT molecular complexity index is 1840. The predicted molar refractivity (Wildman–Crippen MR) is 151 cm³/mol. The van der Waals surface area contributed by atoms with E-state index in [1.54, 1.807) is 42.7 Å². The molecular weight excluding hydrogens is 547 g/mol. The lowest BCUT2D eigenvalue weighted by atomic mass is 9.88. The van der Waals surface area contributed by atoms with Gasteiger partial charge in [-0.15, -0.1) is 5.10 Å². The van der Waals surface area contributed by atoms with Gasteiger partial charge in [0.1, 0.15) is 17.1 Å². The molecule has 4 heterocycles. The number of carbonyl (C=O) groups is 1. The summed E-state index contributed by atoms with van der Waals surface area (Å²) in [7, 11) is 3.01. The van der Waals surface area contributed by atoms with Crippen molar-refractivity contribution in [2.24, 2.45) is 7.05 Å². The number of anilines is 1. The molecule has 1 amide bonds. The summed E-state index contributed by atoms with van der Waals surface area (Å²) in [6, 6.07) is 7.37. The third-order valence-electron chi connectivity index (χ3n) is 7.70. The molecule has 0 saturated carbocycles. The van der Waals surface area contributed by atoms with E-state index in [1.165, 1.54) is 13.2 Å². The molecule has 0 bridgehead atoms. The fourth-order valence-corrected chi connectivity index (χ4v) is 5.64. The molecule has 1 aliphatic heterocycles. The van der Waals surface area contributed by atoms with Crippen LogP contribution in [0.3, 0.4) is 0 Å². The molecule has 0 saturated heterocycles. The summed E-state index contributed by atoms with van der Waals surface area (Å²) in [5, 5.41) is 12.9. The average molecular weight is 576 g/mol. The minimum absolute atomic E-state index is 0.0555. The number of methoxy groups -OCH3 is 1. The van der Waals surface area contributed by atoms with Gasteiger partial charge in [0.05, 0.1) is 19.0 Å². The minimum atomic E-state index is -4.66. The molecular formula is C30H28F3N7O2. The van der Waals surface area contributed by atoms with E-state index in [2.05, 4.69) is 20.3 Å². The number of hydrogen-bond acceptors (Lipinski definition) is 6. The molecule has 3 aromatic heterocycles. The van der Waals surface area contributed by atoms with Crippen molar-refractivity contribution in [1.29, 1.82) is 0 Å². The monoisotopic (exact) mass is 575 g/mol. The highest BCUT2D eigenvalue weighted by molar-refractivity contribution is 6.13. The molecule has 0 spiro atoms. The third-order valence-corrected chi connectivity index (χ3v) is 7.70. The number of imidazole rings is 1. The van der Waals surface area contributed by atoms with Crippen LogP contribution in [0.2, 0.25) is 0 Å². The van der Waals surface area contributed by atoms with Gasteiger partial charge < -0.3 is 14.2 Å². The number of fused-ring (bicyclic) bond motifs is 2.